The lowest BCUT2D eigenvalue weighted by atomic mass is 9.99. The lowest BCUT2D eigenvalue weighted by molar-refractivity contribution is -0.161. The van der Waals surface area contributed by atoms with Gasteiger partial charge < -0.3 is 33.8 Å². The second-order valence-corrected chi connectivity index (χ2v) is 34.8. The van der Waals surface area contributed by atoms with E-state index in [1.54, 1.807) is 0 Å². The minimum atomic E-state index is -4.97. The van der Waals surface area contributed by atoms with Gasteiger partial charge in [0.15, 0.2) is 12.2 Å². The predicted molar refractivity (Wildman–Crippen MR) is 423 cm³/mol. The average Bonchev–Trinajstić information content (AvgIpc) is 0.908. The van der Waals surface area contributed by atoms with Gasteiger partial charge in [0.1, 0.15) is 19.3 Å². The summed E-state index contributed by atoms with van der Waals surface area (Å²) in [5.41, 5.74) is 0. The van der Waals surface area contributed by atoms with Crippen LogP contribution in [0.25, 0.3) is 0 Å². The van der Waals surface area contributed by atoms with Gasteiger partial charge in [0, 0.05) is 25.7 Å². The van der Waals surface area contributed by atoms with Crippen molar-refractivity contribution < 1.29 is 80.2 Å². The molecule has 0 radical (unpaired) electrons. The molecule has 0 aromatic heterocycles. The van der Waals surface area contributed by atoms with Gasteiger partial charge in [-0.25, -0.2) is 9.13 Å². The van der Waals surface area contributed by atoms with Gasteiger partial charge in [0.25, 0.3) is 0 Å². The Balaban J connectivity index is 5.27. The van der Waals surface area contributed by atoms with Gasteiger partial charge >= 0.3 is 39.5 Å². The van der Waals surface area contributed by atoms with Gasteiger partial charge in [-0.05, 0) is 49.4 Å². The predicted octanol–water partition coefficient (Wildman–Crippen LogP) is 25.2. The van der Waals surface area contributed by atoms with Crippen LogP contribution in [0.3, 0.4) is 0 Å². The molecule has 17 nitrogen and oxygen atoms in total. The molecular weight excluding hydrogens is 1340 g/mol. The highest BCUT2D eigenvalue weighted by molar-refractivity contribution is 7.47. The van der Waals surface area contributed by atoms with E-state index in [1.165, 1.54) is 238 Å². The topological polar surface area (TPSA) is 237 Å². The van der Waals surface area contributed by atoms with Crippen LogP contribution in [0, 0.1) is 23.7 Å². The first kappa shape index (κ1) is 101. The number of aliphatic hydroxyl groups excluding tert-OH is 1. The fourth-order valence-corrected chi connectivity index (χ4v) is 14.5. The Hall–Kier alpha value is -1.94. The Morgan fingerprint density at radius 3 is 0.689 bits per heavy atom. The zero-order valence-electron chi connectivity index (χ0n) is 68.0. The van der Waals surface area contributed by atoms with Crippen LogP contribution in [0.15, 0.2) is 0 Å². The quantitative estimate of drug-likeness (QED) is 0.0222. The number of phosphoric acid groups is 2. The maximum Gasteiger partial charge on any atom is 0.472 e. The molecule has 0 aliphatic heterocycles. The van der Waals surface area contributed by atoms with Crippen molar-refractivity contribution in [2.75, 3.05) is 39.6 Å². The molecule has 0 saturated carbocycles. The van der Waals surface area contributed by atoms with Crippen molar-refractivity contribution >= 4 is 39.5 Å². The molecule has 0 saturated heterocycles. The van der Waals surface area contributed by atoms with Gasteiger partial charge in [-0.2, -0.15) is 0 Å². The number of phosphoric ester groups is 2. The fourth-order valence-electron chi connectivity index (χ4n) is 12.9. The van der Waals surface area contributed by atoms with E-state index in [4.69, 9.17) is 37.0 Å². The minimum Gasteiger partial charge on any atom is -0.462 e. The summed E-state index contributed by atoms with van der Waals surface area (Å²) in [6.45, 7) is 14.3. The van der Waals surface area contributed by atoms with E-state index in [-0.39, 0.29) is 25.7 Å². The van der Waals surface area contributed by atoms with Crippen LogP contribution >= 0.6 is 15.6 Å². The minimum absolute atomic E-state index is 0.106. The first-order valence-corrected chi connectivity index (χ1v) is 46.2. The molecule has 3 unspecified atom stereocenters. The normalized spacial score (nSPS) is 14.2. The molecular formula is C84H164O17P2. The molecule has 0 bridgehead atoms. The molecule has 612 valence electrons. The van der Waals surface area contributed by atoms with Crippen molar-refractivity contribution in [2.24, 2.45) is 23.7 Å². The molecule has 0 aliphatic carbocycles. The average molecular weight is 1510 g/mol. The van der Waals surface area contributed by atoms with Gasteiger partial charge in [0.05, 0.1) is 26.4 Å². The Labute approximate surface area is 632 Å². The highest BCUT2D eigenvalue weighted by atomic mass is 31.2. The molecule has 0 amide bonds. The molecule has 103 heavy (non-hydrogen) atoms. The van der Waals surface area contributed by atoms with Crippen LogP contribution in [0.5, 0.6) is 0 Å². The molecule has 0 fully saturated rings. The molecule has 0 aromatic carbocycles. The Kier molecular flexibility index (Phi) is 71.5. The molecule has 0 heterocycles. The summed E-state index contributed by atoms with van der Waals surface area (Å²) in [6, 6.07) is 0. The molecule has 3 N–H and O–H groups in total. The fraction of sp³-hybridized carbons (Fsp3) is 0.952. The number of esters is 4. The number of carbonyl (C=O) groups excluding carboxylic acids is 4. The number of carbonyl (C=O) groups is 4. The van der Waals surface area contributed by atoms with Gasteiger partial charge in [-0.1, -0.05) is 383 Å². The summed E-state index contributed by atoms with van der Waals surface area (Å²) < 4.78 is 68.9. The van der Waals surface area contributed by atoms with E-state index in [0.29, 0.717) is 25.7 Å². The molecule has 0 rings (SSSR count). The van der Waals surface area contributed by atoms with E-state index >= 15 is 0 Å². The maximum absolute atomic E-state index is 13.1. The van der Waals surface area contributed by atoms with Crippen molar-refractivity contribution in [3.8, 4) is 0 Å². The van der Waals surface area contributed by atoms with Crippen LogP contribution in [0.4, 0.5) is 0 Å². The third-order valence-corrected chi connectivity index (χ3v) is 21.8. The number of hydrogen-bond acceptors (Lipinski definition) is 15. The van der Waals surface area contributed by atoms with E-state index < -0.39 is 97.5 Å². The van der Waals surface area contributed by atoms with Crippen LogP contribution in [-0.2, 0) is 65.4 Å². The van der Waals surface area contributed by atoms with Crippen molar-refractivity contribution in [3.05, 3.63) is 0 Å². The van der Waals surface area contributed by atoms with E-state index in [9.17, 15) is 43.2 Å². The lowest BCUT2D eigenvalue weighted by Crippen LogP contribution is -2.30. The second kappa shape index (κ2) is 72.9. The van der Waals surface area contributed by atoms with Crippen molar-refractivity contribution in [1.82, 2.24) is 0 Å². The molecule has 19 heteroatoms. The Morgan fingerprint density at radius 1 is 0.272 bits per heavy atom. The van der Waals surface area contributed by atoms with Crippen molar-refractivity contribution in [2.45, 2.75) is 453 Å². The number of hydrogen-bond donors (Lipinski definition) is 3. The molecule has 0 aliphatic rings. The van der Waals surface area contributed by atoms with Crippen LogP contribution in [-0.4, -0.2) is 96.7 Å². The Bertz CT molecular complexity index is 2010. The van der Waals surface area contributed by atoms with Gasteiger partial charge in [-0.3, -0.25) is 37.3 Å². The van der Waals surface area contributed by atoms with E-state index in [0.717, 1.165) is 114 Å². The molecule has 6 atom stereocenters. The van der Waals surface area contributed by atoms with Crippen LogP contribution in [0.2, 0.25) is 0 Å². The summed E-state index contributed by atoms with van der Waals surface area (Å²) >= 11 is 0. The monoisotopic (exact) mass is 1510 g/mol. The van der Waals surface area contributed by atoms with Gasteiger partial charge in [-0.15, -0.1) is 0 Å². The molecule has 0 spiro atoms. The van der Waals surface area contributed by atoms with Crippen LogP contribution in [0.1, 0.15) is 434 Å². The third kappa shape index (κ3) is 76.6. The largest absolute Gasteiger partial charge is 0.472 e. The highest BCUT2D eigenvalue weighted by Crippen LogP contribution is 2.45. The SMILES string of the molecule is CCC(C)CCCCCCCCCCCCCCCCC(=O)OC[C@H](COP(=O)(O)OC[C@@H](O)COP(=O)(O)OC[C@@H](COC(=O)CCCCCCCCCCCC(C)C)OC(=O)CCCCCCCCCCCCCCC(C)C)OC(=O)CCCCCCCCCCCCCCCCCC(C)C. The van der Waals surface area contributed by atoms with Crippen molar-refractivity contribution in [3.63, 3.8) is 0 Å². The Morgan fingerprint density at radius 2 is 0.466 bits per heavy atom. The molecule has 0 aromatic rings. The lowest BCUT2D eigenvalue weighted by Gasteiger charge is -2.21. The number of aliphatic hydroxyl groups is 1. The smallest absolute Gasteiger partial charge is 0.462 e. The summed E-state index contributed by atoms with van der Waals surface area (Å²) in [7, 11) is -9.93. The van der Waals surface area contributed by atoms with Gasteiger partial charge in [0.2, 0.25) is 0 Å². The number of ether oxygens (including phenoxy) is 4. The van der Waals surface area contributed by atoms with E-state index in [2.05, 4.69) is 55.4 Å². The highest BCUT2D eigenvalue weighted by Gasteiger charge is 2.30. The third-order valence-electron chi connectivity index (χ3n) is 19.9. The van der Waals surface area contributed by atoms with Crippen LogP contribution < -0.4 is 0 Å². The first-order valence-electron chi connectivity index (χ1n) is 43.2. The summed E-state index contributed by atoms with van der Waals surface area (Å²) in [5, 5.41) is 10.7. The zero-order valence-corrected chi connectivity index (χ0v) is 69.7. The summed E-state index contributed by atoms with van der Waals surface area (Å²) in [6.07, 6.45) is 60.9. The number of unbranched alkanes of at least 4 members (excludes halogenated alkanes) is 46. The summed E-state index contributed by atoms with van der Waals surface area (Å²) in [4.78, 5) is 73.2. The first-order chi connectivity index (χ1) is 49.6. The zero-order chi connectivity index (χ0) is 76.0. The summed E-state index contributed by atoms with van der Waals surface area (Å²) in [5.74, 6) is 1.06. The van der Waals surface area contributed by atoms with E-state index in [1.807, 2.05) is 0 Å². The number of rotatable bonds is 81. The second-order valence-electron chi connectivity index (χ2n) is 31.9. The maximum atomic E-state index is 13.1. The van der Waals surface area contributed by atoms with Crippen molar-refractivity contribution in [1.29, 1.82) is 0 Å². The standard InChI is InChI=1S/C84H164O17P2/c1-9-77(8)63-55-47-39-31-23-16-13-14-17-24-32-40-48-56-64-81(86)94-70-79(100-83(88)66-58-50-42-33-25-18-12-10-11-15-21-28-36-44-52-60-74(2)3)72-98-102(90,91)96-68-78(85)69-97-103(92,93)99-73-80(71-95-82(87)65-57-49-41-35-27-30-38-46-54-62-76(6)7)101-84(89)67-59-51-43-34-26-20-19-22-29-37-45-53-61-75(4)5/h74-80,85H,9-73H2,1-8H3,(H,90,91)(H,92,93)/t77?,78-,79-,80-/m1/s1.